The highest BCUT2D eigenvalue weighted by molar-refractivity contribution is 6.42. The van der Waals surface area contributed by atoms with Crippen molar-refractivity contribution in [3.8, 4) is 0 Å². The molecule has 2 aromatic carbocycles. The SMILES string of the molecule is CNC(c1cnc2ccccc2n1)c1cccc(Cl)c1Cl. The van der Waals surface area contributed by atoms with Crippen LogP contribution in [0, 0.1) is 0 Å². The van der Waals surface area contributed by atoms with Gasteiger partial charge in [0.2, 0.25) is 0 Å². The predicted octanol–water partition coefficient (Wildman–Crippen LogP) is 4.25. The third kappa shape index (κ3) is 2.72. The lowest BCUT2D eigenvalue weighted by Gasteiger charge is -2.18. The number of nitrogens with zero attached hydrogens (tertiary/aromatic N) is 2. The molecular formula is C16H13Cl2N3. The fourth-order valence-corrected chi connectivity index (χ4v) is 2.73. The molecule has 0 aliphatic rings. The molecule has 1 aromatic heterocycles. The number of hydrogen-bond acceptors (Lipinski definition) is 3. The summed E-state index contributed by atoms with van der Waals surface area (Å²) in [6, 6.07) is 13.2. The summed E-state index contributed by atoms with van der Waals surface area (Å²) in [6.45, 7) is 0. The molecule has 3 nitrogen and oxygen atoms in total. The quantitative estimate of drug-likeness (QED) is 0.785. The van der Waals surface area contributed by atoms with Crippen molar-refractivity contribution >= 4 is 34.2 Å². The first-order valence-corrected chi connectivity index (χ1v) is 7.29. The van der Waals surface area contributed by atoms with Gasteiger partial charge in [-0.15, -0.1) is 0 Å². The van der Waals surface area contributed by atoms with E-state index in [1.165, 1.54) is 0 Å². The molecule has 1 atom stereocenters. The van der Waals surface area contributed by atoms with E-state index in [0.29, 0.717) is 10.0 Å². The number of para-hydroxylation sites is 2. The minimum absolute atomic E-state index is 0.159. The molecule has 1 N–H and O–H groups in total. The van der Waals surface area contributed by atoms with Gasteiger partial charge in [-0.1, -0.05) is 47.5 Å². The first-order chi connectivity index (χ1) is 10.2. The Morgan fingerprint density at radius 1 is 1.00 bits per heavy atom. The Morgan fingerprint density at radius 3 is 2.52 bits per heavy atom. The molecule has 0 bridgehead atoms. The first kappa shape index (κ1) is 14.3. The standard InChI is InChI=1S/C16H13Cl2N3/c1-19-16(10-5-4-6-11(17)15(10)18)14-9-20-12-7-2-3-8-13(12)21-14/h2-9,16,19H,1H3. The van der Waals surface area contributed by atoms with Gasteiger partial charge in [-0.25, -0.2) is 4.98 Å². The fourth-order valence-electron chi connectivity index (χ4n) is 2.32. The molecule has 0 fully saturated rings. The van der Waals surface area contributed by atoms with Crippen LogP contribution in [0.5, 0.6) is 0 Å². The van der Waals surface area contributed by atoms with E-state index < -0.39 is 0 Å². The number of rotatable bonds is 3. The van der Waals surface area contributed by atoms with Gasteiger partial charge in [0.05, 0.1) is 39.0 Å². The molecule has 0 spiro atoms. The highest BCUT2D eigenvalue weighted by atomic mass is 35.5. The lowest BCUT2D eigenvalue weighted by Crippen LogP contribution is -2.19. The summed E-state index contributed by atoms with van der Waals surface area (Å²) in [5.74, 6) is 0. The Hall–Kier alpha value is -1.68. The molecule has 3 aromatic rings. The molecule has 3 rings (SSSR count). The highest BCUT2D eigenvalue weighted by Crippen LogP contribution is 2.32. The van der Waals surface area contributed by atoms with Crippen molar-refractivity contribution in [2.75, 3.05) is 7.05 Å². The van der Waals surface area contributed by atoms with Crippen molar-refractivity contribution in [3.05, 3.63) is 70.0 Å². The van der Waals surface area contributed by atoms with E-state index in [9.17, 15) is 0 Å². The average molecular weight is 318 g/mol. The summed E-state index contributed by atoms with van der Waals surface area (Å²) in [5.41, 5.74) is 3.42. The van der Waals surface area contributed by atoms with Gasteiger partial charge in [0, 0.05) is 0 Å². The predicted molar refractivity (Wildman–Crippen MR) is 86.9 cm³/mol. The van der Waals surface area contributed by atoms with Crippen molar-refractivity contribution < 1.29 is 0 Å². The zero-order valence-corrected chi connectivity index (χ0v) is 12.9. The van der Waals surface area contributed by atoms with Crippen LogP contribution in [0.3, 0.4) is 0 Å². The summed E-state index contributed by atoms with van der Waals surface area (Å²) in [4.78, 5) is 9.12. The van der Waals surface area contributed by atoms with E-state index in [4.69, 9.17) is 23.2 Å². The second-order valence-electron chi connectivity index (χ2n) is 4.65. The summed E-state index contributed by atoms with van der Waals surface area (Å²) in [5, 5.41) is 4.29. The van der Waals surface area contributed by atoms with Crippen LogP contribution in [0.1, 0.15) is 17.3 Å². The maximum absolute atomic E-state index is 6.31. The summed E-state index contributed by atoms with van der Waals surface area (Å²) >= 11 is 12.4. The van der Waals surface area contributed by atoms with E-state index in [2.05, 4.69) is 15.3 Å². The lowest BCUT2D eigenvalue weighted by atomic mass is 10.0. The Morgan fingerprint density at radius 2 is 1.76 bits per heavy atom. The van der Waals surface area contributed by atoms with Crippen molar-refractivity contribution in [3.63, 3.8) is 0 Å². The van der Waals surface area contributed by atoms with Gasteiger partial charge in [-0.05, 0) is 30.8 Å². The van der Waals surface area contributed by atoms with Crippen LogP contribution in [-0.2, 0) is 0 Å². The maximum Gasteiger partial charge on any atom is 0.0890 e. The monoisotopic (exact) mass is 317 g/mol. The van der Waals surface area contributed by atoms with E-state index in [1.807, 2.05) is 43.4 Å². The van der Waals surface area contributed by atoms with E-state index >= 15 is 0 Å². The van der Waals surface area contributed by atoms with Crippen LogP contribution in [0.2, 0.25) is 10.0 Å². The molecule has 106 valence electrons. The molecule has 5 heteroatoms. The Labute approximate surface area is 132 Å². The molecule has 0 amide bonds. The van der Waals surface area contributed by atoms with Crippen molar-refractivity contribution in [2.45, 2.75) is 6.04 Å². The van der Waals surface area contributed by atoms with Crippen molar-refractivity contribution in [2.24, 2.45) is 0 Å². The molecule has 0 aliphatic heterocycles. The van der Waals surface area contributed by atoms with E-state index in [1.54, 1.807) is 12.3 Å². The molecular weight excluding hydrogens is 305 g/mol. The van der Waals surface area contributed by atoms with E-state index in [-0.39, 0.29) is 6.04 Å². The second kappa shape index (κ2) is 5.98. The minimum Gasteiger partial charge on any atom is -0.308 e. The summed E-state index contributed by atoms with van der Waals surface area (Å²) in [6.07, 6.45) is 1.76. The van der Waals surface area contributed by atoms with Gasteiger partial charge in [0.15, 0.2) is 0 Å². The average Bonchev–Trinajstić information content (AvgIpc) is 2.52. The number of benzene rings is 2. The Bertz CT molecular complexity index is 789. The normalized spacial score (nSPS) is 12.5. The molecule has 1 unspecified atom stereocenters. The number of halogens is 2. The van der Waals surface area contributed by atoms with E-state index in [0.717, 1.165) is 22.3 Å². The molecule has 0 radical (unpaired) electrons. The van der Waals surface area contributed by atoms with Gasteiger partial charge in [-0.3, -0.25) is 4.98 Å². The number of hydrogen-bond donors (Lipinski definition) is 1. The topological polar surface area (TPSA) is 37.8 Å². The zero-order valence-electron chi connectivity index (χ0n) is 11.3. The van der Waals surface area contributed by atoms with Gasteiger partial charge < -0.3 is 5.32 Å². The van der Waals surface area contributed by atoms with Crippen LogP contribution < -0.4 is 5.32 Å². The Balaban J connectivity index is 2.11. The molecule has 1 heterocycles. The highest BCUT2D eigenvalue weighted by Gasteiger charge is 2.18. The third-order valence-electron chi connectivity index (χ3n) is 3.34. The number of nitrogens with one attached hydrogen (secondary N) is 1. The molecule has 0 saturated heterocycles. The van der Waals surface area contributed by atoms with Crippen LogP contribution in [-0.4, -0.2) is 17.0 Å². The first-order valence-electron chi connectivity index (χ1n) is 6.53. The van der Waals surface area contributed by atoms with Gasteiger partial charge in [0.1, 0.15) is 0 Å². The van der Waals surface area contributed by atoms with Crippen molar-refractivity contribution in [1.82, 2.24) is 15.3 Å². The smallest absolute Gasteiger partial charge is 0.0890 e. The maximum atomic E-state index is 6.31. The second-order valence-corrected chi connectivity index (χ2v) is 5.43. The van der Waals surface area contributed by atoms with Crippen LogP contribution in [0.25, 0.3) is 11.0 Å². The van der Waals surface area contributed by atoms with Crippen LogP contribution >= 0.6 is 23.2 Å². The largest absolute Gasteiger partial charge is 0.308 e. The molecule has 0 aliphatic carbocycles. The number of aromatic nitrogens is 2. The summed E-state index contributed by atoms with van der Waals surface area (Å²) < 4.78 is 0. The Kier molecular flexibility index (Phi) is 4.06. The fraction of sp³-hybridized carbons (Fsp3) is 0.125. The minimum atomic E-state index is -0.159. The summed E-state index contributed by atoms with van der Waals surface area (Å²) in [7, 11) is 1.86. The van der Waals surface area contributed by atoms with Crippen LogP contribution in [0.15, 0.2) is 48.7 Å². The molecule has 0 saturated carbocycles. The third-order valence-corrected chi connectivity index (χ3v) is 4.18. The van der Waals surface area contributed by atoms with Gasteiger partial charge in [0.25, 0.3) is 0 Å². The lowest BCUT2D eigenvalue weighted by molar-refractivity contribution is 0.671. The van der Waals surface area contributed by atoms with Gasteiger partial charge >= 0.3 is 0 Å². The molecule has 21 heavy (non-hydrogen) atoms. The van der Waals surface area contributed by atoms with Gasteiger partial charge in [-0.2, -0.15) is 0 Å². The van der Waals surface area contributed by atoms with Crippen molar-refractivity contribution in [1.29, 1.82) is 0 Å². The number of fused-ring (bicyclic) bond motifs is 1. The zero-order chi connectivity index (χ0) is 14.8. The van der Waals surface area contributed by atoms with Crippen LogP contribution in [0.4, 0.5) is 0 Å².